The molecule has 0 N–H and O–H groups in total. The highest BCUT2D eigenvalue weighted by molar-refractivity contribution is 6.16. The summed E-state index contributed by atoms with van der Waals surface area (Å²) in [5, 5.41) is 1.05. The van der Waals surface area contributed by atoms with Crippen molar-refractivity contribution in [3.63, 3.8) is 0 Å². The minimum atomic E-state index is -0.600. The molecule has 0 unspecified atom stereocenters. The van der Waals surface area contributed by atoms with Gasteiger partial charge in [-0.05, 0) is 66.9 Å². The van der Waals surface area contributed by atoms with E-state index >= 15 is 0 Å². The van der Waals surface area contributed by atoms with Gasteiger partial charge in [0.2, 0.25) is 0 Å². The first-order valence-electron chi connectivity index (χ1n) is 12.9. The molecule has 4 aromatic carbocycles. The lowest BCUT2D eigenvalue weighted by atomic mass is 10.0. The van der Waals surface area contributed by atoms with Crippen molar-refractivity contribution < 1.29 is 33.3 Å². The van der Waals surface area contributed by atoms with Crippen LogP contribution in [0.2, 0.25) is 0 Å². The van der Waals surface area contributed by atoms with E-state index in [4.69, 9.17) is 28.7 Å². The van der Waals surface area contributed by atoms with Crippen LogP contribution in [0.1, 0.15) is 37.4 Å². The molecule has 8 nitrogen and oxygen atoms in total. The SMILES string of the molecule is COc1ccc2nc3c(OC)cc(OC)cc3c(C(=O)Oc3c(C)cc(C(=O)OCc4ccccc4)cc3C)c2c1. The summed E-state index contributed by atoms with van der Waals surface area (Å²) < 4.78 is 28.0. The van der Waals surface area contributed by atoms with Crippen LogP contribution in [0.4, 0.5) is 0 Å². The highest BCUT2D eigenvalue weighted by atomic mass is 16.5. The molecule has 0 fully saturated rings. The Morgan fingerprint density at radius 3 is 2.07 bits per heavy atom. The number of hydrogen-bond acceptors (Lipinski definition) is 8. The Balaban J connectivity index is 1.54. The molecular formula is C33H29NO7. The summed E-state index contributed by atoms with van der Waals surface area (Å²) in [7, 11) is 4.62. The van der Waals surface area contributed by atoms with E-state index in [1.165, 1.54) is 14.2 Å². The second-order valence-corrected chi connectivity index (χ2v) is 9.49. The number of esters is 2. The van der Waals surface area contributed by atoms with Crippen LogP contribution in [0, 0.1) is 13.8 Å². The number of aryl methyl sites for hydroxylation is 2. The van der Waals surface area contributed by atoms with Crippen LogP contribution < -0.4 is 18.9 Å². The third-order valence-corrected chi connectivity index (χ3v) is 6.79. The zero-order valence-corrected chi connectivity index (χ0v) is 23.4. The van der Waals surface area contributed by atoms with E-state index in [0.29, 0.717) is 61.5 Å². The fourth-order valence-corrected chi connectivity index (χ4v) is 4.77. The maximum Gasteiger partial charge on any atom is 0.344 e. The molecule has 5 aromatic rings. The Labute approximate surface area is 237 Å². The zero-order chi connectivity index (χ0) is 29.1. The van der Waals surface area contributed by atoms with E-state index in [1.54, 1.807) is 63.4 Å². The lowest BCUT2D eigenvalue weighted by molar-refractivity contribution is 0.0472. The van der Waals surface area contributed by atoms with Gasteiger partial charge in [-0.3, -0.25) is 0 Å². The molecule has 5 rings (SSSR count). The van der Waals surface area contributed by atoms with Crippen LogP contribution >= 0.6 is 0 Å². The maximum atomic E-state index is 14.0. The van der Waals surface area contributed by atoms with Gasteiger partial charge in [0, 0.05) is 16.8 Å². The van der Waals surface area contributed by atoms with Gasteiger partial charge in [-0.2, -0.15) is 0 Å². The average Bonchev–Trinajstić information content (AvgIpc) is 2.99. The number of rotatable bonds is 8. The fraction of sp³-hybridized carbons (Fsp3) is 0.182. The third kappa shape index (κ3) is 5.49. The molecule has 8 heteroatoms. The molecule has 41 heavy (non-hydrogen) atoms. The second-order valence-electron chi connectivity index (χ2n) is 9.49. The van der Waals surface area contributed by atoms with Crippen LogP contribution in [0.5, 0.6) is 23.0 Å². The van der Waals surface area contributed by atoms with E-state index in [2.05, 4.69) is 0 Å². The molecule has 0 aliphatic carbocycles. The molecule has 0 spiro atoms. The predicted octanol–water partition coefficient (Wildman–Crippen LogP) is 6.61. The standard InChI is InChI=1S/C33H29NO7/c1-19-13-22(32(35)40-18-21-9-7-6-8-10-21)14-20(2)31(19)41-33(36)29-25-15-23(37-3)11-12-27(25)34-30-26(29)16-24(38-4)17-28(30)39-5/h6-17H,18H2,1-5H3. The van der Waals surface area contributed by atoms with Gasteiger partial charge in [-0.25, -0.2) is 14.6 Å². The molecule has 0 atom stereocenters. The summed E-state index contributed by atoms with van der Waals surface area (Å²) >= 11 is 0. The van der Waals surface area contributed by atoms with Crippen molar-refractivity contribution in [3.05, 3.63) is 101 Å². The minimum absolute atomic E-state index is 0.160. The number of aromatic nitrogens is 1. The van der Waals surface area contributed by atoms with Crippen LogP contribution in [0.25, 0.3) is 21.8 Å². The molecule has 0 amide bonds. The number of carbonyl (C=O) groups is 2. The Hall–Kier alpha value is -5.11. The smallest absolute Gasteiger partial charge is 0.344 e. The van der Waals surface area contributed by atoms with E-state index in [0.717, 1.165) is 5.56 Å². The van der Waals surface area contributed by atoms with Gasteiger partial charge in [0.15, 0.2) is 0 Å². The molecular weight excluding hydrogens is 522 g/mol. The first-order valence-corrected chi connectivity index (χ1v) is 12.9. The quantitative estimate of drug-likeness (QED) is 0.121. The van der Waals surface area contributed by atoms with Gasteiger partial charge in [0.25, 0.3) is 0 Å². The van der Waals surface area contributed by atoms with Gasteiger partial charge in [0.1, 0.15) is 35.1 Å². The van der Waals surface area contributed by atoms with E-state index in [-0.39, 0.29) is 12.2 Å². The molecule has 1 aromatic heterocycles. The van der Waals surface area contributed by atoms with Gasteiger partial charge in [-0.1, -0.05) is 30.3 Å². The van der Waals surface area contributed by atoms with Gasteiger partial charge in [-0.15, -0.1) is 0 Å². The Kier molecular flexibility index (Phi) is 7.74. The van der Waals surface area contributed by atoms with E-state index in [9.17, 15) is 9.59 Å². The first-order chi connectivity index (χ1) is 19.8. The van der Waals surface area contributed by atoms with Crippen LogP contribution in [-0.2, 0) is 11.3 Å². The molecule has 0 saturated heterocycles. The van der Waals surface area contributed by atoms with Crippen molar-refractivity contribution in [2.24, 2.45) is 0 Å². The van der Waals surface area contributed by atoms with E-state index in [1.807, 2.05) is 30.3 Å². The second kappa shape index (κ2) is 11.6. The summed E-state index contributed by atoms with van der Waals surface area (Å²) in [4.78, 5) is 31.5. The lowest BCUT2D eigenvalue weighted by Crippen LogP contribution is -2.13. The molecule has 0 bridgehead atoms. The van der Waals surface area contributed by atoms with Gasteiger partial charge < -0.3 is 23.7 Å². The van der Waals surface area contributed by atoms with Crippen LogP contribution in [-0.4, -0.2) is 38.3 Å². The van der Waals surface area contributed by atoms with Crippen molar-refractivity contribution in [1.82, 2.24) is 4.98 Å². The average molecular weight is 552 g/mol. The normalized spacial score (nSPS) is 10.9. The molecule has 0 aliphatic heterocycles. The zero-order valence-electron chi connectivity index (χ0n) is 23.4. The van der Waals surface area contributed by atoms with Crippen LogP contribution in [0.3, 0.4) is 0 Å². The van der Waals surface area contributed by atoms with Gasteiger partial charge >= 0.3 is 11.9 Å². The first kappa shape index (κ1) is 27.5. The summed E-state index contributed by atoms with van der Waals surface area (Å²) in [5.41, 5.74) is 3.82. The number of nitrogens with zero attached hydrogens (tertiary/aromatic N) is 1. The van der Waals surface area contributed by atoms with E-state index < -0.39 is 11.9 Å². The van der Waals surface area contributed by atoms with Crippen LogP contribution in [0.15, 0.2) is 72.8 Å². The Morgan fingerprint density at radius 1 is 0.732 bits per heavy atom. The summed E-state index contributed by atoms with van der Waals surface area (Å²) in [5.74, 6) is 0.806. The third-order valence-electron chi connectivity index (χ3n) is 6.79. The molecule has 0 saturated carbocycles. The molecule has 0 aliphatic rings. The summed E-state index contributed by atoms with van der Waals surface area (Å²) in [6.07, 6.45) is 0. The maximum absolute atomic E-state index is 14.0. The number of benzene rings is 4. The lowest BCUT2D eigenvalue weighted by Gasteiger charge is -2.16. The molecule has 208 valence electrons. The number of pyridine rings is 1. The van der Waals surface area contributed by atoms with Crippen molar-refractivity contribution in [1.29, 1.82) is 0 Å². The number of carbonyl (C=O) groups excluding carboxylic acids is 2. The van der Waals surface area contributed by atoms with Crippen molar-refractivity contribution in [2.45, 2.75) is 20.5 Å². The predicted molar refractivity (Wildman–Crippen MR) is 155 cm³/mol. The monoisotopic (exact) mass is 551 g/mol. The number of hydrogen-bond donors (Lipinski definition) is 0. The Morgan fingerprint density at radius 2 is 1.41 bits per heavy atom. The number of methoxy groups -OCH3 is 3. The summed E-state index contributed by atoms with van der Waals surface area (Å²) in [6, 6.07) is 21.5. The fourth-order valence-electron chi connectivity index (χ4n) is 4.77. The number of fused-ring (bicyclic) bond motifs is 2. The topological polar surface area (TPSA) is 93.2 Å². The minimum Gasteiger partial charge on any atom is -0.497 e. The Bertz CT molecular complexity index is 1760. The molecule has 1 heterocycles. The largest absolute Gasteiger partial charge is 0.497 e. The molecule has 0 radical (unpaired) electrons. The highest BCUT2D eigenvalue weighted by Gasteiger charge is 2.24. The van der Waals surface area contributed by atoms with Gasteiger partial charge in [0.05, 0.1) is 38.0 Å². The van der Waals surface area contributed by atoms with Crippen molar-refractivity contribution in [3.8, 4) is 23.0 Å². The summed E-state index contributed by atoms with van der Waals surface area (Å²) in [6.45, 7) is 3.72. The van der Waals surface area contributed by atoms with Crippen molar-refractivity contribution in [2.75, 3.05) is 21.3 Å². The number of ether oxygens (including phenoxy) is 5. The van der Waals surface area contributed by atoms with Crippen molar-refractivity contribution >= 4 is 33.7 Å². The highest BCUT2D eigenvalue weighted by Crippen LogP contribution is 2.37.